The van der Waals surface area contributed by atoms with Gasteiger partial charge in [0.2, 0.25) is 0 Å². The quantitative estimate of drug-likeness (QED) is 0.438. The van der Waals surface area contributed by atoms with Crippen LogP contribution in [0.3, 0.4) is 0 Å². The van der Waals surface area contributed by atoms with Crippen molar-refractivity contribution in [3.8, 4) is 0 Å². The van der Waals surface area contributed by atoms with Crippen LogP contribution in [0.25, 0.3) is 0 Å². The first-order valence-electron chi connectivity index (χ1n) is 2.57. The molecule has 0 bridgehead atoms. The summed E-state index contributed by atoms with van der Waals surface area (Å²) in [7, 11) is 0. The molecule has 0 amide bonds. The first kappa shape index (κ1) is 12.0. The molecule has 0 aromatic carbocycles. The second-order valence-corrected chi connectivity index (χ2v) is 2.09. The van der Waals surface area contributed by atoms with E-state index >= 15 is 0 Å². The number of hydrogen-bond donors (Lipinski definition) is 1. The van der Waals surface area contributed by atoms with Gasteiger partial charge in [0.25, 0.3) is 0 Å². The Balaban J connectivity index is 0. The Morgan fingerprint density at radius 3 is 2.56 bits per heavy atom. The first-order chi connectivity index (χ1) is 3.81. The van der Waals surface area contributed by atoms with Crippen LogP contribution in [0, 0.1) is 5.41 Å². The molecular weight excluding hydrogens is 205 g/mol. The molecule has 0 radical (unpaired) electrons. The minimum atomic E-state index is 0. The third kappa shape index (κ3) is 8.24. The van der Waals surface area contributed by atoms with Gasteiger partial charge in [0.05, 0.1) is 6.61 Å². The molecule has 0 aliphatic carbocycles. The standard InChI is InChI=1S/C5H10BrNO.ClH/c1-2-8-5(7)3-4-6;/h7H,2-4H2,1H3;1H. The lowest BCUT2D eigenvalue weighted by atomic mass is 10.5. The highest BCUT2D eigenvalue weighted by Gasteiger charge is 1.91. The molecular formula is C5H11BrClNO. The monoisotopic (exact) mass is 215 g/mol. The van der Waals surface area contributed by atoms with E-state index in [1.165, 1.54) is 0 Å². The smallest absolute Gasteiger partial charge is 0.181 e. The van der Waals surface area contributed by atoms with Crippen LogP contribution in [-0.4, -0.2) is 17.8 Å². The number of nitrogens with one attached hydrogen (secondary N) is 1. The average Bonchev–Trinajstić information content (AvgIpc) is 1.68. The zero-order chi connectivity index (χ0) is 6.41. The van der Waals surface area contributed by atoms with E-state index in [4.69, 9.17) is 10.1 Å². The van der Waals surface area contributed by atoms with Gasteiger partial charge in [-0.15, -0.1) is 12.4 Å². The van der Waals surface area contributed by atoms with Crippen molar-refractivity contribution in [3.05, 3.63) is 0 Å². The van der Waals surface area contributed by atoms with E-state index in [1.54, 1.807) is 0 Å². The van der Waals surface area contributed by atoms with Crippen LogP contribution in [0.4, 0.5) is 0 Å². The highest BCUT2D eigenvalue weighted by Crippen LogP contribution is 1.90. The Labute approximate surface area is 70.0 Å². The number of alkyl halides is 1. The summed E-state index contributed by atoms with van der Waals surface area (Å²) in [5.41, 5.74) is 0. The predicted octanol–water partition coefficient (Wildman–Crippen LogP) is 2.21. The molecule has 0 heterocycles. The Morgan fingerprint density at radius 1 is 1.67 bits per heavy atom. The normalized spacial score (nSPS) is 7.78. The number of ether oxygens (including phenoxy) is 1. The molecule has 0 saturated carbocycles. The second-order valence-electron chi connectivity index (χ2n) is 1.30. The molecule has 9 heavy (non-hydrogen) atoms. The van der Waals surface area contributed by atoms with Gasteiger partial charge in [0.1, 0.15) is 0 Å². The Hall–Kier alpha value is 0.240. The lowest BCUT2D eigenvalue weighted by Crippen LogP contribution is -2.02. The van der Waals surface area contributed by atoms with E-state index in [9.17, 15) is 0 Å². The summed E-state index contributed by atoms with van der Waals surface area (Å²) in [6, 6.07) is 0. The maximum atomic E-state index is 7.04. The molecule has 1 N–H and O–H groups in total. The zero-order valence-electron chi connectivity index (χ0n) is 5.32. The van der Waals surface area contributed by atoms with Crippen molar-refractivity contribution in [1.29, 1.82) is 5.41 Å². The van der Waals surface area contributed by atoms with E-state index in [1.807, 2.05) is 6.92 Å². The van der Waals surface area contributed by atoms with Gasteiger partial charge in [-0.2, -0.15) is 0 Å². The van der Waals surface area contributed by atoms with Gasteiger partial charge in [-0.3, -0.25) is 5.41 Å². The summed E-state index contributed by atoms with van der Waals surface area (Å²) in [5, 5.41) is 7.85. The molecule has 4 heteroatoms. The van der Waals surface area contributed by atoms with Crippen molar-refractivity contribution in [3.63, 3.8) is 0 Å². The number of rotatable bonds is 3. The zero-order valence-corrected chi connectivity index (χ0v) is 7.72. The fourth-order valence-corrected chi connectivity index (χ4v) is 0.692. The molecule has 0 rings (SSSR count). The summed E-state index contributed by atoms with van der Waals surface area (Å²) in [5.74, 6) is 0.365. The fraction of sp³-hybridized carbons (Fsp3) is 0.800. The van der Waals surface area contributed by atoms with Crippen LogP contribution in [0.15, 0.2) is 0 Å². The number of halogens is 2. The molecule has 0 spiro atoms. The summed E-state index contributed by atoms with van der Waals surface area (Å²) >= 11 is 3.20. The van der Waals surface area contributed by atoms with Gasteiger partial charge in [0, 0.05) is 11.8 Å². The Kier molecular flexibility index (Phi) is 11.0. The van der Waals surface area contributed by atoms with E-state index in [2.05, 4.69) is 15.9 Å². The molecule has 0 aliphatic heterocycles. The van der Waals surface area contributed by atoms with Crippen molar-refractivity contribution >= 4 is 34.2 Å². The van der Waals surface area contributed by atoms with Gasteiger partial charge in [-0.1, -0.05) is 15.9 Å². The Morgan fingerprint density at radius 2 is 2.22 bits per heavy atom. The maximum Gasteiger partial charge on any atom is 0.181 e. The van der Waals surface area contributed by atoms with Gasteiger partial charge in [-0.05, 0) is 6.92 Å². The second kappa shape index (κ2) is 8.24. The van der Waals surface area contributed by atoms with Crippen LogP contribution < -0.4 is 0 Å². The molecule has 0 aliphatic rings. The van der Waals surface area contributed by atoms with Crippen LogP contribution in [0.5, 0.6) is 0 Å². The van der Waals surface area contributed by atoms with Crippen molar-refractivity contribution in [2.75, 3.05) is 11.9 Å². The lowest BCUT2D eigenvalue weighted by Gasteiger charge is -1.99. The van der Waals surface area contributed by atoms with Crippen LogP contribution in [-0.2, 0) is 4.74 Å². The van der Waals surface area contributed by atoms with Gasteiger partial charge in [-0.25, -0.2) is 0 Å². The SMILES string of the molecule is CCOC(=N)CCBr.Cl. The van der Waals surface area contributed by atoms with E-state index in [0.29, 0.717) is 18.9 Å². The lowest BCUT2D eigenvalue weighted by molar-refractivity contribution is 0.316. The van der Waals surface area contributed by atoms with Crippen LogP contribution in [0.1, 0.15) is 13.3 Å². The van der Waals surface area contributed by atoms with Crippen molar-refractivity contribution < 1.29 is 4.74 Å². The summed E-state index contributed by atoms with van der Waals surface area (Å²) in [4.78, 5) is 0. The van der Waals surface area contributed by atoms with Gasteiger partial charge in [0.15, 0.2) is 5.90 Å². The minimum absolute atomic E-state index is 0. The van der Waals surface area contributed by atoms with Crippen molar-refractivity contribution in [1.82, 2.24) is 0 Å². The molecule has 0 aromatic heterocycles. The topological polar surface area (TPSA) is 33.1 Å². The predicted molar refractivity (Wildman–Crippen MR) is 45.0 cm³/mol. The minimum Gasteiger partial charge on any atom is -0.481 e. The largest absolute Gasteiger partial charge is 0.481 e. The average molecular weight is 217 g/mol. The summed E-state index contributed by atoms with van der Waals surface area (Å²) in [6.07, 6.45) is 0.688. The highest BCUT2D eigenvalue weighted by molar-refractivity contribution is 9.09. The summed E-state index contributed by atoms with van der Waals surface area (Å²) < 4.78 is 4.84. The third-order valence-electron chi connectivity index (χ3n) is 0.640. The van der Waals surface area contributed by atoms with Gasteiger partial charge >= 0.3 is 0 Å². The molecule has 2 nitrogen and oxygen atoms in total. The molecule has 0 atom stereocenters. The third-order valence-corrected chi connectivity index (χ3v) is 1.04. The summed E-state index contributed by atoms with van der Waals surface area (Å²) in [6.45, 7) is 2.48. The Bertz CT molecular complexity index is 71.4. The van der Waals surface area contributed by atoms with Gasteiger partial charge < -0.3 is 4.74 Å². The van der Waals surface area contributed by atoms with Crippen LogP contribution >= 0.6 is 28.3 Å². The van der Waals surface area contributed by atoms with Crippen molar-refractivity contribution in [2.24, 2.45) is 0 Å². The fourth-order valence-electron chi connectivity index (χ4n) is 0.332. The number of hydrogen-bond acceptors (Lipinski definition) is 2. The molecule has 0 saturated heterocycles. The maximum absolute atomic E-state index is 7.04. The molecule has 0 unspecified atom stereocenters. The highest BCUT2D eigenvalue weighted by atomic mass is 79.9. The van der Waals surface area contributed by atoms with Crippen LogP contribution in [0.2, 0.25) is 0 Å². The van der Waals surface area contributed by atoms with E-state index in [0.717, 1.165) is 5.33 Å². The van der Waals surface area contributed by atoms with Crippen molar-refractivity contribution in [2.45, 2.75) is 13.3 Å². The van der Waals surface area contributed by atoms with E-state index < -0.39 is 0 Å². The van der Waals surface area contributed by atoms with E-state index in [-0.39, 0.29) is 12.4 Å². The molecule has 56 valence electrons. The molecule has 0 aromatic rings. The molecule has 0 fully saturated rings. The first-order valence-corrected chi connectivity index (χ1v) is 3.69.